The highest BCUT2D eigenvalue weighted by Crippen LogP contribution is 2.60. The van der Waals surface area contributed by atoms with Crippen LogP contribution < -0.4 is 0 Å². The van der Waals surface area contributed by atoms with E-state index in [0.717, 1.165) is 38.8 Å². The normalized spacial score (nSPS) is 28.6. The Kier molecular flexibility index (Phi) is 10.3. The minimum Gasteiger partial charge on any atom is -0.473 e. The van der Waals surface area contributed by atoms with E-state index >= 15 is 0 Å². The Bertz CT molecular complexity index is 723. The summed E-state index contributed by atoms with van der Waals surface area (Å²) in [6.45, 7) is 5.56. The lowest BCUT2D eigenvalue weighted by atomic mass is 9.61. The van der Waals surface area contributed by atoms with Crippen LogP contribution in [0.1, 0.15) is 45.4 Å². The van der Waals surface area contributed by atoms with Crippen LogP contribution in [-0.2, 0) is 23.9 Å². The van der Waals surface area contributed by atoms with E-state index in [1.807, 2.05) is 39.3 Å². The fourth-order valence-electron chi connectivity index (χ4n) is 4.84. The SMILES string of the molecule is CN(C)CCOCC/C=C1/CC[C@]2(C)[C@@H](/C=N/OCCN(C)C)CC[C@]2(OC(=O)C(=O)O)C1. The summed E-state index contributed by atoms with van der Waals surface area (Å²) >= 11 is 0. The van der Waals surface area contributed by atoms with Gasteiger partial charge in [-0.25, -0.2) is 9.59 Å². The summed E-state index contributed by atoms with van der Waals surface area (Å²) in [6, 6.07) is 0. The molecule has 2 aliphatic carbocycles. The second kappa shape index (κ2) is 12.5. The van der Waals surface area contributed by atoms with Gasteiger partial charge in [-0.15, -0.1) is 0 Å². The summed E-state index contributed by atoms with van der Waals surface area (Å²) in [4.78, 5) is 32.9. The molecule has 2 saturated carbocycles. The smallest absolute Gasteiger partial charge is 0.417 e. The van der Waals surface area contributed by atoms with Gasteiger partial charge in [-0.3, -0.25) is 0 Å². The topological polar surface area (TPSA) is 101 Å². The summed E-state index contributed by atoms with van der Waals surface area (Å²) in [5, 5.41) is 13.4. The van der Waals surface area contributed by atoms with Gasteiger partial charge in [0.25, 0.3) is 0 Å². The van der Waals surface area contributed by atoms with Gasteiger partial charge in [-0.1, -0.05) is 23.7 Å². The highest BCUT2D eigenvalue weighted by Gasteiger charge is 2.61. The summed E-state index contributed by atoms with van der Waals surface area (Å²) in [5.41, 5.74) is -0.0493. The van der Waals surface area contributed by atoms with Gasteiger partial charge in [0.1, 0.15) is 12.2 Å². The first-order chi connectivity index (χ1) is 15.6. The van der Waals surface area contributed by atoms with Crippen LogP contribution in [0.2, 0.25) is 0 Å². The van der Waals surface area contributed by atoms with E-state index in [1.54, 1.807) is 0 Å². The first-order valence-electron chi connectivity index (χ1n) is 11.8. The number of carbonyl (C=O) groups is 2. The number of rotatable bonds is 12. The fraction of sp³-hybridized carbons (Fsp3) is 0.792. The molecular formula is C24H41N3O6. The molecule has 0 bridgehead atoms. The number of hydrogen-bond donors (Lipinski definition) is 1. The maximum Gasteiger partial charge on any atom is 0.417 e. The predicted octanol–water partition coefficient (Wildman–Crippen LogP) is 2.41. The van der Waals surface area contributed by atoms with Gasteiger partial charge >= 0.3 is 11.9 Å². The minimum absolute atomic E-state index is 0.0503. The molecule has 0 amide bonds. The van der Waals surface area contributed by atoms with Gasteiger partial charge in [-0.2, -0.15) is 0 Å². The van der Waals surface area contributed by atoms with Crippen LogP contribution in [0.5, 0.6) is 0 Å². The number of nitrogens with zero attached hydrogens (tertiary/aromatic N) is 3. The molecule has 33 heavy (non-hydrogen) atoms. The largest absolute Gasteiger partial charge is 0.473 e. The summed E-state index contributed by atoms with van der Waals surface area (Å²) < 4.78 is 11.4. The maximum absolute atomic E-state index is 12.1. The first kappa shape index (κ1) is 27.3. The van der Waals surface area contributed by atoms with Crippen molar-refractivity contribution in [2.24, 2.45) is 16.5 Å². The van der Waals surface area contributed by atoms with E-state index in [4.69, 9.17) is 14.3 Å². The van der Waals surface area contributed by atoms with Crippen molar-refractivity contribution in [3.05, 3.63) is 11.6 Å². The van der Waals surface area contributed by atoms with Crippen LogP contribution in [0.3, 0.4) is 0 Å². The molecule has 0 aromatic heterocycles. The summed E-state index contributed by atoms with van der Waals surface area (Å²) in [7, 11) is 7.97. The third kappa shape index (κ3) is 7.52. The molecule has 3 atom stereocenters. The van der Waals surface area contributed by atoms with Crippen molar-refractivity contribution in [3.8, 4) is 0 Å². The van der Waals surface area contributed by atoms with Crippen LogP contribution in [0.15, 0.2) is 16.8 Å². The van der Waals surface area contributed by atoms with Crippen molar-refractivity contribution >= 4 is 18.2 Å². The molecule has 0 unspecified atom stereocenters. The molecule has 0 aromatic rings. The zero-order valence-electron chi connectivity index (χ0n) is 20.8. The Hall–Kier alpha value is -1.97. The highest BCUT2D eigenvalue weighted by atomic mass is 16.6. The number of aliphatic carboxylic acids is 1. The molecule has 9 nitrogen and oxygen atoms in total. The van der Waals surface area contributed by atoms with Crippen LogP contribution in [-0.4, -0.2) is 99.8 Å². The van der Waals surface area contributed by atoms with Crippen molar-refractivity contribution < 1.29 is 29.0 Å². The van der Waals surface area contributed by atoms with Crippen LogP contribution in [0.4, 0.5) is 0 Å². The van der Waals surface area contributed by atoms with Gasteiger partial charge in [0.2, 0.25) is 0 Å². The Morgan fingerprint density at radius 3 is 2.48 bits per heavy atom. The molecule has 0 spiro atoms. The van der Waals surface area contributed by atoms with Gasteiger partial charge in [0, 0.05) is 37.1 Å². The summed E-state index contributed by atoms with van der Waals surface area (Å²) in [6.07, 6.45) is 8.36. The lowest BCUT2D eigenvalue weighted by Gasteiger charge is -2.49. The second-order valence-corrected chi connectivity index (χ2v) is 9.89. The molecule has 0 aromatic carbocycles. The molecule has 0 saturated heterocycles. The van der Waals surface area contributed by atoms with Crippen LogP contribution in [0.25, 0.3) is 0 Å². The first-order valence-corrected chi connectivity index (χ1v) is 11.8. The van der Waals surface area contributed by atoms with E-state index in [1.165, 1.54) is 5.57 Å². The average molecular weight is 468 g/mol. The third-order valence-corrected chi connectivity index (χ3v) is 6.98. The molecule has 2 rings (SSSR count). The average Bonchev–Trinajstić information content (AvgIpc) is 3.01. The fourth-order valence-corrected chi connectivity index (χ4v) is 4.84. The van der Waals surface area contributed by atoms with Crippen molar-refractivity contribution in [2.45, 2.75) is 51.0 Å². The van der Waals surface area contributed by atoms with Gasteiger partial charge in [0.05, 0.1) is 13.2 Å². The van der Waals surface area contributed by atoms with Gasteiger partial charge < -0.3 is 29.2 Å². The molecule has 0 heterocycles. The standard InChI is InChI=1S/C24H41N3O6/c1-23-10-8-19(7-6-14-31-15-12-26(2)3)17-24(23,33-22(30)21(28)29)11-9-20(23)18-25-32-16-13-27(4)5/h7,18,20H,6,8-17H2,1-5H3,(H,28,29)/b19-7-,25-18+/t20-,23-,24+/m1/s1. The number of carbonyl (C=O) groups excluding carboxylic acids is 1. The van der Waals surface area contributed by atoms with Gasteiger partial charge in [0.15, 0.2) is 0 Å². The monoisotopic (exact) mass is 467 g/mol. The molecule has 0 radical (unpaired) electrons. The minimum atomic E-state index is -1.55. The Labute approximate surface area is 197 Å². The zero-order valence-corrected chi connectivity index (χ0v) is 20.8. The quantitative estimate of drug-likeness (QED) is 0.117. The maximum atomic E-state index is 12.1. The molecule has 188 valence electrons. The molecule has 0 aliphatic heterocycles. The number of carboxylic acid groups (broad SMARTS) is 1. The number of hydrogen-bond acceptors (Lipinski definition) is 8. The van der Waals surface area contributed by atoms with Crippen LogP contribution >= 0.6 is 0 Å². The summed E-state index contributed by atoms with van der Waals surface area (Å²) in [5.74, 6) is -2.69. The van der Waals surface area contributed by atoms with E-state index in [9.17, 15) is 14.7 Å². The van der Waals surface area contributed by atoms with Crippen molar-refractivity contribution in [1.29, 1.82) is 0 Å². The molecule has 2 fully saturated rings. The molecular weight excluding hydrogens is 426 g/mol. The second-order valence-electron chi connectivity index (χ2n) is 9.89. The third-order valence-electron chi connectivity index (χ3n) is 6.98. The Morgan fingerprint density at radius 2 is 1.82 bits per heavy atom. The number of fused-ring (bicyclic) bond motifs is 1. The highest BCUT2D eigenvalue weighted by molar-refractivity contribution is 6.28. The lowest BCUT2D eigenvalue weighted by molar-refractivity contribution is -0.186. The zero-order chi connectivity index (χ0) is 24.5. The number of carboxylic acids is 1. The van der Waals surface area contributed by atoms with Crippen molar-refractivity contribution in [2.75, 3.05) is 61.1 Å². The van der Waals surface area contributed by atoms with Gasteiger partial charge in [-0.05, 0) is 60.3 Å². The van der Waals surface area contributed by atoms with Crippen molar-refractivity contribution in [1.82, 2.24) is 9.80 Å². The number of likely N-dealkylation sites (N-methyl/N-ethyl adjacent to an activating group) is 2. The van der Waals surface area contributed by atoms with E-state index in [0.29, 0.717) is 32.7 Å². The Balaban J connectivity index is 2.06. The lowest BCUT2D eigenvalue weighted by Crippen LogP contribution is -2.52. The van der Waals surface area contributed by atoms with Crippen LogP contribution in [0, 0.1) is 11.3 Å². The number of esters is 1. The van der Waals surface area contributed by atoms with Crippen molar-refractivity contribution in [3.63, 3.8) is 0 Å². The number of oxime groups is 1. The molecule has 1 N–H and O–H groups in total. The van der Waals surface area contributed by atoms with E-state index in [2.05, 4.69) is 23.1 Å². The van der Waals surface area contributed by atoms with E-state index in [-0.39, 0.29) is 5.92 Å². The number of ether oxygens (including phenoxy) is 2. The van der Waals surface area contributed by atoms with E-state index < -0.39 is 23.0 Å². The predicted molar refractivity (Wildman–Crippen MR) is 126 cm³/mol. The molecule has 2 aliphatic rings. The molecule has 9 heteroatoms. The Morgan fingerprint density at radius 1 is 1.12 bits per heavy atom.